The summed E-state index contributed by atoms with van der Waals surface area (Å²) in [6.45, 7) is 2.10. The van der Waals surface area contributed by atoms with Gasteiger partial charge in [-0.05, 0) is 81.0 Å². The van der Waals surface area contributed by atoms with Gasteiger partial charge in [-0.2, -0.15) is 10.2 Å². The first-order valence-electron chi connectivity index (χ1n) is 11.4. The number of allylic oxidation sites excluding steroid dienone is 4. The van der Waals surface area contributed by atoms with Crippen molar-refractivity contribution in [2.24, 2.45) is 0 Å². The van der Waals surface area contributed by atoms with Crippen molar-refractivity contribution in [2.75, 3.05) is 13.1 Å². The Labute approximate surface area is 182 Å². The van der Waals surface area contributed by atoms with Gasteiger partial charge in [-0.15, -0.1) is 0 Å². The van der Waals surface area contributed by atoms with Gasteiger partial charge in [-0.25, -0.2) is 0 Å². The smallest absolute Gasteiger partial charge is 0.0966 e. The summed E-state index contributed by atoms with van der Waals surface area (Å²) in [7, 11) is 0. The van der Waals surface area contributed by atoms with Gasteiger partial charge in [0.25, 0.3) is 0 Å². The monoisotopic (exact) mass is 412 g/mol. The van der Waals surface area contributed by atoms with Crippen LogP contribution < -0.4 is 5.32 Å². The molecule has 1 unspecified atom stereocenters. The number of H-pyrrole nitrogens is 1. The van der Waals surface area contributed by atoms with Crippen molar-refractivity contribution in [1.29, 1.82) is 0 Å². The number of pyridine rings is 1. The first-order chi connectivity index (χ1) is 15.3. The highest BCUT2D eigenvalue weighted by atomic mass is 15.3. The van der Waals surface area contributed by atoms with Gasteiger partial charge in [-0.3, -0.25) is 14.8 Å². The Morgan fingerprint density at radius 2 is 1.87 bits per heavy atom. The Balaban J connectivity index is 1.54. The molecular formula is C25H28N6. The number of hydrogen-bond acceptors (Lipinski definition) is 4. The molecule has 2 N–H and O–H groups in total. The number of aromatic nitrogens is 5. The number of nitrogens with zero attached hydrogens (tertiary/aromatic N) is 4. The van der Waals surface area contributed by atoms with Gasteiger partial charge in [0.2, 0.25) is 0 Å². The Morgan fingerprint density at radius 1 is 1.00 bits per heavy atom. The van der Waals surface area contributed by atoms with Gasteiger partial charge >= 0.3 is 0 Å². The first kappa shape index (κ1) is 18.8. The van der Waals surface area contributed by atoms with Crippen LogP contribution in [0.2, 0.25) is 0 Å². The van der Waals surface area contributed by atoms with Crippen LogP contribution in [0.15, 0.2) is 66.3 Å². The molecule has 0 spiro atoms. The van der Waals surface area contributed by atoms with Crippen LogP contribution in [0.1, 0.15) is 55.8 Å². The minimum atomic E-state index is -0.181. The van der Waals surface area contributed by atoms with Crippen LogP contribution in [0.25, 0.3) is 11.3 Å². The third-order valence-corrected chi connectivity index (χ3v) is 7.31. The van der Waals surface area contributed by atoms with Crippen LogP contribution in [0.3, 0.4) is 0 Å². The van der Waals surface area contributed by atoms with E-state index in [1.165, 1.54) is 28.8 Å². The van der Waals surface area contributed by atoms with Crippen molar-refractivity contribution in [3.63, 3.8) is 0 Å². The van der Waals surface area contributed by atoms with Gasteiger partial charge in [0.05, 0.1) is 11.7 Å². The Hall–Kier alpha value is -2.99. The van der Waals surface area contributed by atoms with Gasteiger partial charge in [0.15, 0.2) is 0 Å². The minimum absolute atomic E-state index is 0.181. The van der Waals surface area contributed by atoms with Crippen LogP contribution in [0.5, 0.6) is 0 Å². The number of nitrogens with one attached hydrogen (secondary N) is 2. The highest BCUT2D eigenvalue weighted by Gasteiger charge is 2.43. The molecule has 6 rings (SSSR count). The van der Waals surface area contributed by atoms with Gasteiger partial charge < -0.3 is 5.32 Å². The molecule has 0 amide bonds. The van der Waals surface area contributed by atoms with Crippen molar-refractivity contribution < 1.29 is 0 Å². The largest absolute Gasteiger partial charge is 0.317 e. The number of fused-ring (bicyclic) bond motifs is 1. The fourth-order valence-electron chi connectivity index (χ4n) is 5.61. The van der Waals surface area contributed by atoms with Crippen LogP contribution in [-0.4, -0.2) is 38.1 Å². The van der Waals surface area contributed by atoms with E-state index in [4.69, 9.17) is 5.10 Å². The van der Waals surface area contributed by atoms with E-state index in [9.17, 15) is 0 Å². The molecule has 3 aliphatic rings. The summed E-state index contributed by atoms with van der Waals surface area (Å²) in [4.78, 5) is 4.24. The van der Waals surface area contributed by atoms with E-state index in [-0.39, 0.29) is 5.41 Å². The number of piperidine rings is 1. The number of hydrogen-bond donors (Lipinski definition) is 2. The van der Waals surface area contributed by atoms with E-state index in [0.29, 0.717) is 6.04 Å². The normalized spacial score (nSPS) is 24.0. The van der Waals surface area contributed by atoms with E-state index in [1.807, 2.05) is 18.6 Å². The third kappa shape index (κ3) is 3.17. The molecular weight excluding hydrogens is 384 g/mol. The predicted octanol–water partition coefficient (Wildman–Crippen LogP) is 4.32. The van der Waals surface area contributed by atoms with Crippen LogP contribution in [-0.2, 0) is 5.41 Å². The maximum atomic E-state index is 5.21. The molecule has 3 aromatic rings. The first-order valence-corrected chi connectivity index (χ1v) is 11.4. The summed E-state index contributed by atoms with van der Waals surface area (Å²) in [5.74, 6) is 0. The molecule has 1 saturated heterocycles. The zero-order chi connectivity index (χ0) is 20.7. The maximum absolute atomic E-state index is 5.21. The lowest BCUT2D eigenvalue weighted by atomic mass is 9.66. The molecule has 6 heteroatoms. The maximum Gasteiger partial charge on any atom is 0.0966 e. The van der Waals surface area contributed by atoms with Crippen molar-refractivity contribution in [3.05, 3.63) is 77.5 Å². The SMILES string of the molecule is C1=C2CCC=C2CC(c2ccn[nH]2)(c2cn(C3CCNCC3)nc2-c2ccncc2)C1. The summed E-state index contributed by atoms with van der Waals surface area (Å²) in [6.07, 6.45) is 19.4. The highest BCUT2D eigenvalue weighted by molar-refractivity contribution is 5.66. The van der Waals surface area contributed by atoms with Gasteiger partial charge in [0.1, 0.15) is 0 Å². The lowest BCUT2D eigenvalue weighted by Crippen LogP contribution is -2.31. The number of aromatic amines is 1. The van der Waals surface area contributed by atoms with Crippen LogP contribution >= 0.6 is 0 Å². The molecule has 0 saturated carbocycles. The predicted molar refractivity (Wildman–Crippen MR) is 121 cm³/mol. The molecule has 0 aromatic carbocycles. The Bertz CT molecular complexity index is 1120. The number of rotatable bonds is 4. The van der Waals surface area contributed by atoms with Gasteiger partial charge in [0, 0.05) is 47.0 Å². The summed E-state index contributed by atoms with van der Waals surface area (Å²) < 4.78 is 2.24. The molecule has 1 atom stereocenters. The molecule has 31 heavy (non-hydrogen) atoms. The molecule has 1 fully saturated rings. The summed E-state index contributed by atoms with van der Waals surface area (Å²) in [5, 5.41) is 16.4. The summed E-state index contributed by atoms with van der Waals surface area (Å²) >= 11 is 0. The van der Waals surface area contributed by atoms with Crippen molar-refractivity contribution in [1.82, 2.24) is 30.3 Å². The second-order valence-corrected chi connectivity index (χ2v) is 9.02. The van der Waals surface area contributed by atoms with E-state index >= 15 is 0 Å². The third-order valence-electron chi connectivity index (χ3n) is 7.31. The van der Waals surface area contributed by atoms with E-state index in [2.05, 4.69) is 61.7 Å². The van der Waals surface area contributed by atoms with Crippen molar-refractivity contribution in [2.45, 2.75) is 50.0 Å². The highest BCUT2D eigenvalue weighted by Crippen LogP contribution is 2.50. The quantitative estimate of drug-likeness (QED) is 0.669. The summed E-state index contributed by atoms with van der Waals surface area (Å²) in [5.41, 5.74) is 7.53. The molecule has 158 valence electrons. The molecule has 3 aromatic heterocycles. The average molecular weight is 413 g/mol. The molecule has 2 aliphatic carbocycles. The lowest BCUT2D eigenvalue weighted by molar-refractivity contribution is 0.343. The fourth-order valence-corrected chi connectivity index (χ4v) is 5.61. The molecule has 4 heterocycles. The molecule has 6 nitrogen and oxygen atoms in total. The second kappa shape index (κ2) is 7.61. The topological polar surface area (TPSA) is 71.4 Å². The average Bonchev–Trinajstić information content (AvgIpc) is 3.60. The Morgan fingerprint density at radius 3 is 2.68 bits per heavy atom. The standard InChI is InChI=1S/C25H28N6/c1-2-18-4-10-25(16-20(18)3-1,23-9-15-28-29-23)22-17-31(21-7-13-27-14-8-21)30-24(22)19-5-11-26-12-6-19/h3-6,9,11-12,15,17,21,27H,1-2,7-8,10,13-14,16H2,(H,28,29). The minimum Gasteiger partial charge on any atom is -0.317 e. The molecule has 0 bridgehead atoms. The molecule has 1 aliphatic heterocycles. The van der Waals surface area contributed by atoms with Gasteiger partial charge in [-0.1, -0.05) is 12.2 Å². The summed E-state index contributed by atoms with van der Waals surface area (Å²) in [6, 6.07) is 6.75. The molecule has 0 radical (unpaired) electrons. The Kier molecular flexibility index (Phi) is 4.60. The van der Waals surface area contributed by atoms with Crippen molar-refractivity contribution >= 4 is 0 Å². The van der Waals surface area contributed by atoms with Crippen LogP contribution in [0.4, 0.5) is 0 Å². The van der Waals surface area contributed by atoms with E-state index in [0.717, 1.165) is 56.5 Å². The second-order valence-electron chi connectivity index (χ2n) is 9.02. The van der Waals surface area contributed by atoms with E-state index in [1.54, 1.807) is 0 Å². The fraction of sp³-hybridized carbons (Fsp3) is 0.400. The zero-order valence-electron chi connectivity index (χ0n) is 17.7. The van der Waals surface area contributed by atoms with Crippen LogP contribution in [0, 0.1) is 0 Å². The lowest BCUT2D eigenvalue weighted by Gasteiger charge is -2.36. The van der Waals surface area contributed by atoms with Crippen molar-refractivity contribution in [3.8, 4) is 11.3 Å². The zero-order valence-corrected chi connectivity index (χ0v) is 17.7. The van der Waals surface area contributed by atoms with E-state index < -0.39 is 0 Å².